The summed E-state index contributed by atoms with van der Waals surface area (Å²) >= 11 is 2.13. The van der Waals surface area contributed by atoms with E-state index < -0.39 is 30.2 Å². The van der Waals surface area contributed by atoms with E-state index in [1.54, 1.807) is 17.5 Å². The van der Waals surface area contributed by atoms with E-state index >= 15 is 0 Å². The number of aromatic nitrogens is 1. The molecule has 3 aromatic heterocycles. The number of ether oxygens (including phenoxy) is 1. The highest BCUT2D eigenvalue weighted by Crippen LogP contribution is 2.42. The highest BCUT2D eigenvalue weighted by Gasteiger charge is 2.36. The third-order valence-electron chi connectivity index (χ3n) is 5.96. The Bertz CT molecular complexity index is 1170. The van der Waals surface area contributed by atoms with E-state index in [1.807, 2.05) is 0 Å². The van der Waals surface area contributed by atoms with Gasteiger partial charge in [0.15, 0.2) is 6.61 Å². The second kappa shape index (κ2) is 9.42. The molecule has 176 valence electrons. The third-order valence-corrected chi connectivity index (χ3v) is 8.02. The summed E-state index contributed by atoms with van der Waals surface area (Å²) in [5, 5.41) is 4.55. The van der Waals surface area contributed by atoms with Crippen LogP contribution < -0.4 is 5.32 Å². The van der Waals surface area contributed by atoms with Gasteiger partial charge in [0, 0.05) is 11.4 Å². The number of carbonyl (C=O) groups is 2. The van der Waals surface area contributed by atoms with E-state index in [0.717, 1.165) is 43.1 Å². The van der Waals surface area contributed by atoms with Crippen LogP contribution in [0.25, 0.3) is 20.8 Å². The van der Waals surface area contributed by atoms with Gasteiger partial charge in [0.2, 0.25) is 0 Å². The summed E-state index contributed by atoms with van der Waals surface area (Å²) in [6.45, 7) is 3.04. The molecule has 1 aliphatic carbocycles. The number of aryl methyl sites for hydroxylation is 1. The molecule has 1 amide bonds. The molecule has 0 aromatic carbocycles. The van der Waals surface area contributed by atoms with Crippen LogP contribution >= 0.6 is 22.7 Å². The maximum atomic E-state index is 13.8. The Labute approximate surface area is 197 Å². The van der Waals surface area contributed by atoms with Crippen molar-refractivity contribution < 1.29 is 27.5 Å². The fourth-order valence-electron chi connectivity index (χ4n) is 4.19. The number of nitrogens with zero attached hydrogens (tertiary/aromatic N) is 1. The van der Waals surface area contributed by atoms with Gasteiger partial charge in [-0.3, -0.25) is 4.79 Å². The van der Waals surface area contributed by atoms with Gasteiger partial charge in [-0.15, -0.1) is 22.7 Å². The number of halogens is 3. The summed E-state index contributed by atoms with van der Waals surface area (Å²) in [6.07, 6.45) is -0.521. The first-order chi connectivity index (χ1) is 15.6. The standard InChI is InChI=1S/C23H23F3N2O3S2/c1-12-6-3-4-7-15(12)27-18(29)11-31-22(30)20-13(2)19-14(23(24,25)26)10-16(28-21(19)33-20)17-8-5-9-32-17/h5,8-10,12,15H,3-4,6-7,11H2,1-2H3,(H,27,29)/t12-,15+/m1/s1. The number of fused-ring (bicyclic) bond motifs is 1. The SMILES string of the molecule is Cc1c(C(=O)OCC(=O)N[C@H]2CCCC[C@H]2C)sc2nc(-c3cccs3)cc(C(F)(F)F)c12. The second-order valence-corrected chi connectivity index (χ2v) is 10.2. The van der Waals surface area contributed by atoms with E-state index in [0.29, 0.717) is 10.8 Å². The number of alkyl halides is 3. The third kappa shape index (κ3) is 5.06. The molecule has 4 rings (SSSR count). The fraction of sp³-hybridized carbons (Fsp3) is 0.435. The largest absolute Gasteiger partial charge is 0.451 e. The van der Waals surface area contributed by atoms with Crippen molar-refractivity contribution in [1.29, 1.82) is 0 Å². The first-order valence-corrected chi connectivity index (χ1v) is 12.4. The van der Waals surface area contributed by atoms with Crippen LogP contribution in [0.4, 0.5) is 13.2 Å². The Hall–Kier alpha value is -2.46. The van der Waals surface area contributed by atoms with Gasteiger partial charge >= 0.3 is 12.1 Å². The lowest BCUT2D eigenvalue weighted by Crippen LogP contribution is -2.42. The van der Waals surface area contributed by atoms with Crippen LogP contribution in [-0.4, -0.2) is 29.5 Å². The fourth-order valence-corrected chi connectivity index (χ4v) is 5.98. The number of pyridine rings is 1. The maximum Gasteiger partial charge on any atom is 0.417 e. The van der Waals surface area contributed by atoms with E-state index in [4.69, 9.17) is 4.74 Å². The molecule has 10 heteroatoms. The molecule has 0 aliphatic heterocycles. The van der Waals surface area contributed by atoms with Crippen molar-refractivity contribution in [3.05, 3.63) is 39.6 Å². The van der Waals surface area contributed by atoms with Crippen LogP contribution in [0.15, 0.2) is 23.6 Å². The number of thiophene rings is 2. The second-order valence-electron chi connectivity index (χ2n) is 8.28. The van der Waals surface area contributed by atoms with Gasteiger partial charge in [-0.25, -0.2) is 9.78 Å². The molecule has 0 radical (unpaired) electrons. The maximum absolute atomic E-state index is 13.8. The Morgan fingerprint density at radius 3 is 2.70 bits per heavy atom. The molecule has 3 heterocycles. The molecular weight excluding hydrogens is 473 g/mol. The van der Waals surface area contributed by atoms with Crippen LogP contribution in [0.5, 0.6) is 0 Å². The Kier molecular flexibility index (Phi) is 6.76. The summed E-state index contributed by atoms with van der Waals surface area (Å²) in [5.74, 6) is -0.879. The molecular formula is C23H23F3N2O3S2. The first kappa shape index (κ1) is 23.7. The lowest BCUT2D eigenvalue weighted by atomic mass is 9.86. The minimum atomic E-state index is -4.61. The van der Waals surface area contributed by atoms with Gasteiger partial charge in [0.05, 0.1) is 16.1 Å². The van der Waals surface area contributed by atoms with Crippen LogP contribution in [0.3, 0.4) is 0 Å². The van der Waals surface area contributed by atoms with Crippen molar-refractivity contribution in [2.75, 3.05) is 6.61 Å². The van der Waals surface area contributed by atoms with Crippen molar-refractivity contribution in [3.63, 3.8) is 0 Å². The zero-order chi connectivity index (χ0) is 23.8. The van der Waals surface area contributed by atoms with E-state index in [-0.39, 0.29) is 32.4 Å². The van der Waals surface area contributed by atoms with Crippen molar-refractivity contribution in [1.82, 2.24) is 10.3 Å². The summed E-state index contributed by atoms with van der Waals surface area (Å²) in [7, 11) is 0. The van der Waals surface area contributed by atoms with Gasteiger partial charge in [0.25, 0.3) is 5.91 Å². The van der Waals surface area contributed by atoms with Gasteiger partial charge in [0.1, 0.15) is 9.71 Å². The molecule has 2 atom stereocenters. The monoisotopic (exact) mass is 496 g/mol. The Morgan fingerprint density at radius 1 is 1.27 bits per heavy atom. The lowest BCUT2D eigenvalue weighted by Gasteiger charge is -2.29. The lowest BCUT2D eigenvalue weighted by molar-refractivity contribution is -0.136. The molecule has 5 nitrogen and oxygen atoms in total. The van der Waals surface area contributed by atoms with E-state index in [2.05, 4.69) is 17.2 Å². The molecule has 1 N–H and O–H groups in total. The summed E-state index contributed by atoms with van der Waals surface area (Å²) in [4.78, 5) is 30.0. The molecule has 0 spiro atoms. The number of nitrogens with one attached hydrogen (secondary N) is 1. The average Bonchev–Trinajstić information content (AvgIpc) is 3.41. The number of rotatable bonds is 5. The predicted octanol–water partition coefficient (Wildman–Crippen LogP) is 6.20. The topological polar surface area (TPSA) is 68.3 Å². The summed E-state index contributed by atoms with van der Waals surface area (Å²) in [6, 6.07) is 4.49. The summed E-state index contributed by atoms with van der Waals surface area (Å²) < 4.78 is 46.7. The zero-order valence-electron chi connectivity index (χ0n) is 18.1. The Morgan fingerprint density at radius 2 is 2.03 bits per heavy atom. The number of carbonyl (C=O) groups excluding carboxylic acids is 2. The van der Waals surface area contributed by atoms with E-state index in [1.165, 1.54) is 18.3 Å². The number of hydrogen-bond acceptors (Lipinski definition) is 6. The van der Waals surface area contributed by atoms with Gasteiger partial charge < -0.3 is 10.1 Å². The first-order valence-electron chi connectivity index (χ1n) is 10.7. The highest BCUT2D eigenvalue weighted by molar-refractivity contribution is 7.20. The van der Waals surface area contributed by atoms with Crippen LogP contribution in [0.2, 0.25) is 0 Å². The molecule has 33 heavy (non-hydrogen) atoms. The smallest absolute Gasteiger partial charge is 0.417 e. The highest BCUT2D eigenvalue weighted by atomic mass is 32.1. The van der Waals surface area contributed by atoms with Crippen LogP contribution in [-0.2, 0) is 15.7 Å². The van der Waals surface area contributed by atoms with Crippen molar-refractivity contribution >= 4 is 44.8 Å². The number of amides is 1. The molecule has 1 fully saturated rings. The van der Waals surface area contributed by atoms with Crippen LogP contribution in [0, 0.1) is 12.8 Å². The van der Waals surface area contributed by atoms with Gasteiger partial charge in [-0.05, 0) is 48.8 Å². The molecule has 1 saturated carbocycles. The van der Waals surface area contributed by atoms with Crippen molar-refractivity contribution in [3.8, 4) is 10.6 Å². The van der Waals surface area contributed by atoms with E-state index in [9.17, 15) is 22.8 Å². The zero-order valence-corrected chi connectivity index (χ0v) is 19.8. The number of hydrogen-bond donors (Lipinski definition) is 1. The Balaban J connectivity index is 1.57. The molecule has 0 unspecified atom stereocenters. The minimum Gasteiger partial charge on any atom is -0.451 e. The normalized spacial score (nSPS) is 18.9. The quantitative estimate of drug-likeness (QED) is 0.427. The molecule has 0 bridgehead atoms. The molecule has 3 aromatic rings. The van der Waals surface area contributed by atoms with Crippen molar-refractivity contribution in [2.45, 2.75) is 51.7 Å². The van der Waals surface area contributed by atoms with Gasteiger partial charge in [-0.1, -0.05) is 25.8 Å². The summed E-state index contributed by atoms with van der Waals surface area (Å²) in [5.41, 5.74) is -0.487. The predicted molar refractivity (Wildman–Crippen MR) is 123 cm³/mol. The molecule has 0 saturated heterocycles. The van der Waals surface area contributed by atoms with Gasteiger partial charge in [-0.2, -0.15) is 13.2 Å². The number of esters is 1. The average molecular weight is 497 g/mol. The van der Waals surface area contributed by atoms with Crippen molar-refractivity contribution in [2.24, 2.45) is 5.92 Å². The minimum absolute atomic E-state index is 0.0187. The molecule has 1 aliphatic rings. The van der Waals surface area contributed by atoms with Crippen LogP contribution in [0.1, 0.15) is 53.4 Å².